The third-order valence-electron chi connectivity index (χ3n) is 4.93. The molecule has 0 unspecified atom stereocenters. The maximum absolute atomic E-state index is 12.7. The Bertz CT molecular complexity index is 880. The van der Waals surface area contributed by atoms with Crippen molar-refractivity contribution < 1.29 is 9.90 Å². The molecule has 1 aliphatic heterocycles. The molecule has 1 aliphatic rings. The lowest BCUT2D eigenvalue weighted by molar-refractivity contribution is 0.0650. The Morgan fingerprint density at radius 2 is 1.84 bits per heavy atom. The van der Waals surface area contributed by atoms with Gasteiger partial charge in [0.2, 0.25) is 0 Å². The van der Waals surface area contributed by atoms with Crippen LogP contribution in [0.4, 0.5) is 0 Å². The number of piperidine rings is 1. The van der Waals surface area contributed by atoms with Gasteiger partial charge in [-0.3, -0.25) is 4.79 Å². The fourth-order valence-electron chi connectivity index (χ4n) is 3.37. The molecule has 0 saturated carbocycles. The number of aliphatic hydroxyl groups is 1. The molecule has 3 aromatic rings. The summed E-state index contributed by atoms with van der Waals surface area (Å²) in [5, 5.41) is 9.23. The number of imidazole rings is 1. The van der Waals surface area contributed by atoms with Gasteiger partial charge in [0.25, 0.3) is 5.91 Å². The quantitative estimate of drug-likeness (QED) is 0.801. The Balaban J connectivity index is 1.58. The molecule has 0 bridgehead atoms. The van der Waals surface area contributed by atoms with Gasteiger partial charge in [0.15, 0.2) is 0 Å². The van der Waals surface area contributed by atoms with Gasteiger partial charge in [0.1, 0.15) is 5.65 Å². The average molecular weight is 335 g/mol. The van der Waals surface area contributed by atoms with Crippen LogP contribution in [0, 0.1) is 5.92 Å². The molecule has 1 saturated heterocycles. The first-order valence-corrected chi connectivity index (χ1v) is 8.69. The van der Waals surface area contributed by atoms with Gasteiger partial charge < -0.3 is 14.4 Å². The Morgan fingerprint density at radius 3 is 2.56 bits per heavy atom. The summed E-state index contributed by atoms with van der Waals surface area (Å²) in [5.74, 6) is 0.377. The van der Waals surface area contributed by atoms with Crippen LogP contribution in [0.25, 0.3) is 16.9 Å². The van der Waals surface area contributed by atoms with E-state index in [4.69, 9.17) is 0 Å². The highest BCUT2D eigenvalue weighted by atomic mass is 16.3. The lowest BCUT2D eigenvalue weighted by Gasteiger charge is -2.31. The number of benzene rings is 1. The van der Waals surface area contributed by atoms with E-state index in [1.807, 2.05) is 64.2 Å². The largest absolute Gasteiger partial charge is 0.396 e. The van der Waals surface area contributed by atoms with E-state index in [2.05, 4.69) is 4.98 Å². The molecule has 1 N–H and O–H groups in total. The Morgan fingerprint density at radius 1 is 1.08 bits per heavy atom. The number of likely N-dealkylation sites (tertiary alicyclic amines) is 1. The number of rotatable bonds is 3. The summed E-state index contributed by atoms with van der Waals surface area (Å²) in [5.41, 5.74) is 3.46. The maximum Gasteiger partial charge on any atom is 0.255 e. The molecule has 25 heavy (non-hydrogen) atoms. The molecule has 2 aromatic heterocycles. The molecule has 0 aliphatic carbocycles. The summed E-state index contributed by atoms with van der Waals surface area (Å²) in [6, 6.07) is 13.8. The zero-order valence-corrected chi connectivity index (χ0v) is 14.0. The molecule has 5 heteroatoms. The zero-order chi connectivity index (χ0) is 17.2. The number of fused-ring (bicyclic) bond motifs is 1. The van der Waals surface area contributed by atoms with Crippen molar-refractivity contribution in [3.63, 3.8) is 0 Å². The molecule has 0 atom stereocenters. The summed E-state index contributed by atoms with van der Waals surface area (Å²) in [6.07, 6.45) is 5.55. The lowest BCUT2D eigenvalue weighted by atomic mass is 9.97. The van der Waals surface area contributed by atoms with E-state index in [1.54, 1.807) is 0 Å². The zero-order valence-electron chi connectivity index (χ0n) is 14.0. The van der Waals surface area contributed by atoms with E-state index in [9.17, 15) is 9.90 Å². The number of hydrogen-bond acceptors (Lipinski definition) is 3. The monoisotopic (exact) mass is 335 g/mol. The van der Waals surface area contributed by atoms with Gasteiger partial charge in [0, 0.05) is 37.7 Å². The molecule has 0 spiro atoms. The number of carbonyl (C=O) groups is 1. The third kappa shape index (κ3) is 3.15. The Kier molecular flexibility index (Phi) is 4.24. The first-order chi connectivity index (χ1) is 12.2. The fourth-order valence-corrected chi connectivity index (χ4v) is 3.37. The van der Waals surface area contributed by atoms with Crippen molar-refractivity contribution in [2.24, 2.45) is 5.92 Å². The smallest absolute Gasteiger partial charge is 0.255 e. The number of aromatic nitrogens is 2. The topological polar surface area (TPSA) is 57.8 Å². The van der Waals surface area contributed by atoms with Crippen LogP contribution in [0.2, 0.25) is 0 Å². The average Bonchev–Trinajstić information content (AvgIpc) is 3.11. The highest BCUT2D eigenvalue weighted by Crippen LogP contribution is 2.21. The van der Waals surface area contributed by atoms with E-state index >= 15 is 0 Å². The second-order valence-electron chi connectivity index (χ2n) is 6.59. The standard InChI is InChI=1S/C20H21N3O2/c24-14-15-8-10-22(11-9-15)20(25)17-6-7-19-21-18(13-23(19)12-17)16-4-2-1-3-5-16/h1-7,12-13,15,24H,8-11,14H2. The van der Waals surface area contributed by atoms with E-state index in [1.165, 1.54) is 0 Å². The molecule has 0 radical (unpaired) electrons. The SMILES string of the molecule is O=C(c1ccc2nc(-c3ccccc3)cn2c1)N1CCC(CO)CC1. The Hall–Kier alpha value is -2.66. The van der Waals surface area contributed by atoms with Gasteiger partial charge >= 0.3 is 0 Å². The minimum atomic E-state index is 0.0493. The summed E-state index contributed by atoms with van der Waals surface area (Å²) >= 11 is 0. The van der Waals surface area contributed by atoms with Crippen LogP contribution in [0.15, 0.2) is 54.9 Å². The van der Waals surface area contributed by atoms with Crippen LogP contribution in [-0.2, 0) is 0 Å². The van der Waals surface area contributed by atoms with Crippen LogP contribution in [0.3, 0.4) is 0 Å². The van der Waals surface area contributed by atoms with E-state index in [0.29, 0.717) is 24.6 Å². The van der Waals surface area contributed by atoms with Crippen molar-refractivity contribution in [2.75, 3.05) is 19.7 Å². The number of pyridine rings is 1. The number of aliphatic hydroxyl groups excluding tert-OH is 1. The third-order valence-corrected chi connectivity index (χ3v) is 4.93. The van der Waals surface area contributed by atoms with Gasteiger partial charge in [-0.25, -0.2) is 4.98 Å². The summed E-state index contributed by atoms with van der Waals surface area (Å²) in [4.78, 5) is 19.2. The lowest BCUT2D eigenvalue weighted by Crippen LogP contribution is -2.39. The van der Waals surface area contributed by atoms with E-state index < -0.39 is 0 Å². The van der Waals surface area contributed by atoms with Gasteiger partial charge in [-0.1, -0.05) is 30.3 Å². The predicted octanol–water partition coefficient (Wildman–Crippen LogP) is 2.85. The van der Waals surface area contributed by atoms with Crippen molar-refractivity contribution >= 4 is 11.6 Å². The number of hydrogen-bond donors (Lipinski definition) is 1. The van der Waals surface area contributed by atoms with E-state index in [0.717, 1.165) is 29.7 Å². The Labute approximate surface area is 146 Å². The minimum Gasteiger partial charge on any atom is -0.396 e. The first-order valence-electron chi connectivity index (χ1n) is 8.69. The number of nitrogens with zero attached hydrogens (tertiary/aromatic N) is 3. The molecule has 3 heterocycles. The van der Waals surface area contributed by atoms with Crippen molar-refractivity contribution in [2.45, 2.75) is 12.8 Å². The van der Waals surface area contributed by atoms with Gasteiger partial charge in [-0.2, -0.15) is 0 Å². The summed E-state index contributed by atoms with van der Waals surface area (Å²) < 4.78 is 1.91. The maximum atomic E-state index is 12.7. The molecule has 1 amide bonds. The summed E-state index contributed by atoms with van der Waals surface area (Å²) in [7, 11) is 0. The molecule has 4 rings (SSSR count). The van der Waals surface area contributed by atoms with Crippen molar-refractivity contribution in [1.82, 2.24) is 14.3 Å². The van der Waals surface area contributed by atoms with E-state index in [-0.39, 0.29) is 12.5 Å². The highest BCUT2D eigenvalue weighted by Gasteiger charge is 2.23. The highest BCUT2D eigenvalue weighted by molar-refractivity contribution is 5.94. The molecule has 1 aromatic carbocycles. The van der Waals surface area contributed by atoms with Crippen LogP contribution in [0.1, 0.15) is 23.2 Å². The van der Waals surface area contributed by atoms with Crippen molar-refractivity contribution in [3.8, 4) is 11.3 Å². The van der Waals surface area contributed by atoms with Crippen LogP contribution < -0.4 is 0 Å². The number of amides is 1. The normalized spacial score (nSPS) is 15.6. The number of carbonyl (C=O) groups excluding carboxylic acids is 1. The second kappa shape index (κ2) is 6.69. The fraction of sp³-hybridized carbons (Fsp3) is 0.300. The van der Waals surface area contributed by atoms with Gasteiger partial charge in [-0.15, -0.1) is 0 Å². The van der Waals surface area contributed by atoms with Gasteiger partial charge in [-0.05, 0) is 30.9 Å². The van der Waals surface area contributed by atoms with Crippen molar-refractivity contribution in [1.29, 1.82) is 0 Å². The van der Waals surface area contributed by atoms with Gasteiger partial charge in [0.05, 0.1) is 11.3 Å². The molecule has 128 valence electrons. The van der Waals surface area contributed by atoms with Crippen LogP contribution in [-0.4, -0.2) is 45.0 Å². The molecule has 5 nitrogen and oxygen atoms in total. The van der Waals surface area contributed by atoms with Crippen molar-refractivity contribution in [3.05, 3.63) is 60.4 Å². The minimum absolute atomic E-state index is 0.0493. The first kappa shape index (κ1) is 15.8. The molecular formula is C20H21N3O2. The van der Waals surface area contributed by atoms with Crippen LogP contribution in [0.5, 0.6) is 0 Å². The predicted molar refractivity (Wildman–Crippen MR) is 96.3 cm³/mol. The molecule has 1 fully saturated rings. The molecular weight excluding hydrogens is 314 g/mol. The second-order valence-corrected chi connectivity index (χ2v) is 6.59. The van der Waals surface area contributed by atoms with Crippen LogP contribution >= 0.6 is 0 Å². The summed E-state index contributed by atoms with van der Waals surface area (Å²) in [6.45, 7) is 1.63.